The zero-order valence-corrected chi connectivity index (χ0v) is 14.7. The van der Waals surface area contributed by atoms with E-state index >= 15 is 0 Å². The van der Waals surface area contributed by atoms with E-state index in [4.69, 9.17) is 9.15 Å². The molecule has 5 heteroatoms. The smallest absolute Gasteiger partial charge is 0.226 e. The fourth-order valence-corrected chi connectivity index (χ4v) is 3.12. The Bertz CT molecular complexity index is 784. The van der Waals surface area contributed by atoms with E-state index in [0.717, 1.165) is 0 Å². The van der Waals surface area contributed by atoms with Crippen LogP contribution in [0.3, 0.4) is 0 Å². The van der Waals surface area contributed by atoms with Gasteiger partial charge in [-0.25, -0.2) is 0 Å². The lowest BCUT2D eigenvalue weighted by Crippen LogP contribution is -1.91. The summed E-state index contributed by atoms with van der Waals surface area (Å²) in [5.41, 5.74) is 3.62. The number of aromatic nitrogens is 2. The number of benzene rings is 2. The molecule has 24 heavy (non-hydrogen) atoms. The van der Waals surface area contributed by atoms with E-state index in [1.54, 1.807) is 18.9 Å². The molecule has 0 radical (unpaired) electrons. The molecule has 4 nitrogen and oxygen atoms in total. The Morgan fingerprint density at radius 1 is 1.00 bits per heavy atom. The second-order valence-corrected chi connectivity index (χ2v) is 6.61. The van der Waals surface area contributed by atoms with Crippen LogP contribution in [-0.2, 0) is 23.5 Å². The third-order valence-electron chi connectivity index (χ3n) is 3.71. The first-order valence-electron chi connectivity index (χ1n) is 7.81. The minimum absolute atomic E-state index is 0.636. The molecule has 1 heterocycles. The van der Waals surface area contributed by atoms with E-state index in [2.05, 4.69) is 53.5 Å². The Kier molecular flexibility index (Phi) is 5.67. The van der Waals surface area contributed by atoms with Crippen LogP contribution in [0, 0.1) is 6.92 Å². The Hall–Kier alpha value is -2.11. The number of thioether (sulfide) groups is 1. The molecule has 0 aliphatic carbocycles. The lowest BCUT2D eigenvalue weighted by atomic mass is 10.1. The van der Waals surface area contributed by atoms with Gasteiger partial charge in [-0.2, -0.15) is 0 Å². The van der Waals surface area contributed by atoms with Crippen molar-refractivity contribution in [3.8, 4) is 0 Å². The van der Waals surface area contributed by atoms with Gasteiger partial charge in [0.05, 0.1) is 18.8 Å². The third kappa shape index (κ3) is 4.46. The Balaban J connectivity index is 1.57. The summed E-state index contributed by atoms with van der Waals surface area (Å²) in [5, 5.41) is 8.30. The molecule has 0 amide bonds. The van der Waals surface area contributed by atoms with Gasteiger partial charge in [-0.3, -0.25) is 0 Å². The molecule has 2 aromatic carbocycles. The van der Waals surface area contributed by atoms with Crippen LogP contribution < -0.4 is 0 Å². The second kappa shape index (κ2) is 8.13. The van der Waals surface area contributed by atoms with Crippen molar-refractivity contribution in [2.75, 3.05) is 7.11 Å². The summed E-state index contributed by atoms with van der Waals surface area (Å²) < 4.78 is 10.9. The van der Waals surface area contributed by atoms with Gasteiger partial charge >= 0.3 is 0 Å². The number of aryl methyl sites for hydroxylation is 1. The Morgan fingerprint density at radius 3 is 2.50 bits per heavy atom. The van der Waals surface area contributed by atoms with E-state index in [0.29, 0.717) is 30.6 Å². The molecule has 3 aromatic rings. The molecule has 0 unspecified atom stereocenters. The van der Waals surface area contributed by atoms with Gasteiger partial charge in [0.1, 0.15) is 0 Å². The van der Waals surface area contributed by atoms with Crippen LogP contribution in [0.5, 0.6) is 0 Å². The molecule has 0 saturated carbocycles. The number of rotatable bonds is 7. The normalized spacial score (nSPS) is 10.9. The molecule has 0 bridgehead atoms. The van der Waals surface area contributed by atoms with Crippen molar-refractivity contribution in [3.63, 3.8) is 0 Å². The van der Waals surface area contributed by atoms with Crippen molar-refractivity contribution >= 4 is 11.8 Å². The van der Waals surface area contributed by atoms with Gasteiger partial charge in [-0.15, -0.1) is 22.0 Å². The lowest BCUT2D eigenvalue weighted by Gasteiger charge is -2.02. The Morgan fingerprint density at radius 2 is 1.75 bits per heavy atom. The molecule has 0 N–H and O–H groups in total. The Labute approximate surface area is 146 Å². The summed E-state index contributed by atoms with van der Waals surface area (Å²) in [7, 11) is 1.70. The third-order valence-corrected chi connectivity index (χ3v) is 4.71. The lowest BCUT2D eigenvalue weighted by molar-refractivity contribution is 0.185. The van der Waals surface area contributed by atoms with Crippen molar-refractivity contribution < 1.29 is 9.15 Å². The highest BCUT2D eigenvalue weighted by molar-refractivity contribution is 7.98. The number of ether oxygens (including phenoxy) is 1. The van der Waals surface area contributed by atoms with E-state index in [9.17, 15) is 0 Å². The second-order valence-electron chi connectivity index (χ2n) is 5.56. The highest BCUT2D eigenvalue weighted by Crippen LogP contribution is 2.23. The minimum atomic E-state index is 0.636. The van der Waals surface area contributed by atoms with E-state index in [1.165, 1.54) is 21.6 Å². The first-order chi connectivity index (χ1) is 11.7. The van der Waals surface area contributed by atoms with Crippen LogP contribution >= 0.6 is 11.8 Å². The van der Waals surface area contributed by atoms with Crippen LogP contribution in [0.25, 0.3) is 0 Å². The molecule has 0 spiro atoms. The summed E-state index contributed by atoms with van der Waals surface area (Å²) in [6.07, 6.45) is 0.677. The van der Waals surface area contributed by atoms with Gasteiger partial charge in [0, 0.05) is 12.0 Å². The average Bonchev–Trinajstić information content (AvgIpc) is 3.04. The number of hydrogen-bond acceptors (Lipinski definition) is 5. The van der Waals surface area contributed by atoms with Crippen molar-refractivity contribution in [1.29, 1.82) is 0 Å². The first kappa shape index (κ1) is 16.7. The van der Waals surface area contributed by atoms with E-state index < -0.39 is 0 Å². The fourth-order valence-electron chi connectivity index (χ4n) is 2.38. The topological polar surface area (TPSA) is 48.2 Å². The van der Waals surface area contributed by atoms with Gasteiger partial charge in [0.15, 0.2) is 0 Å². The molecule has 0 aliphatic rings. The highest BCUT2D eigenvalue weighted by Gasteiger charge is 2.09. The molecule has 0 saturated heterocycles. The number of nitrogens with zero attached hydrogens (tertiary/aromatic N) is 2. The largest absolute Gasteiger partial charge is 0.424 e. The molecule has 1 aromatic heterocycles. The monoisotopic (exact) mass is 340 g/mol. The number of methoxy groups -OCH3 is 1. The van der Waals surface area contributed by atoms with Gasteiger partial charge in [-0.1, -0.05) is 36.4 Å². The van der Waals surface area contributed by atoms with E-state index in [-0.39, 0.29) is 0 Å². The molecule has 0 atom stereocenters. The van der Waals surface area contributed by atoms with Crippen molar-refractivity contribution in [2.45, 2.75) is 30.6 Å². The predicted molar refractivity (Wildman–Crippen MR) is 95.0 cm³/mol. The fraction of sp³-hybridized carbons (Fsp3) is 0.263. The van der Waals surface area contributed by atoms with Crippen LogP contribution in [0.15, 0.2) is 57.8 Å². The molecule has 124 valence electrons. The molecule has 0 fully saturated rings. The maximum atomic E-state index is 5.76. The van der Waals surface area contributed by atoms with Gasteiger partial charge < -0.3 is 9.15 Å². The predicted octanol–water partition coefficient (Wildman–Crippen LogP) is 4.41. The zero-order valence-electron chi connectivity index (χ0n) is 13.9. The van der Waals surface area contributed by atoms with Crippen LogP contribution in [0.4, 0.5) is 0 Å². The molecule has 3 rings (SSSR count). The summed E-state index contributed by atoms with van der Waals surface area (Å²) in [6.45, 7) is 2.73. The van der Waals surface area contributed by atoms with E-state index in [1.807, 2.05) is 12.1 Å². The van der Waals surface area contributed by atoms with Crippen molar-refractivity contribution in [3.05, 3.63) is 77.0 Å². The number of hydrogen-bond donors (Lipinski definition) is 0. The zero-order chi connectivity index (χ0) is 16.8. The van der Waals surface area contributed by atoms with Crippen LogP contribution in [-0.4, -0.2) is 17.3 Å². The van der Waals surface area contributed by atoms with Gasteiger partial charge in [0.2, 0.25) is 11.8 Å². The quantitative estimate of drug-likeness (QED) is 0.596. The summed E-state index contributed by atoms with van der Waals surface area (Å²) >= 11 is 1.69. The minimum Gasteiger partial charge on any atom is -0.424 e. The SMILES string of the molecule is COCc1ccc(SCc2nnc(Cc3ccccc3C)o2)cc1. The first-order valence-corrected chi connectivity index (χ1v) is 8.79. The van der Waals surface area contributed by atoms with Crippen molar-refractivity contribution in [2.24, 2.45) is 0 Å². The van der Waals surface area contributed by atoms with Crippen molar-refractivity contribution in [1.82, 2.24) is 10.2 Å². The standard InChI is InChI=1S/C19H20N2O2S/c1-14-5-3-4-6-16(14)11-18-20-21-19(23-18)13-24-17-9-7-15(8-10-17)12-22-2/h3-10H,11-13H2,1-2H3. The summed E-state index contributed by atoms with van der Waals surface area (Å²) in [4.78, 5) is 1.17. The van der Waals surface area contributed by atoms with Crippen LogP contribution in [0.2, 0.25) is 0 Å². The maximum Gasteiger partial charge on any atom is 0.226 e. The summed E-state index contributed by atoms with van der Waals surface area (Å²) in [6, 6.07) is 16.6. The molecular weight excluding hydrogens is 320 g/mol. The summed E-state index contributed by atoms with van der Waals surface area (Å²) in [5.74, 6) is 1.99. The molecule has 0 aliphatic heterocycles. The van der Waals surface area contributed by atoms with Crippen LogP contribution in [0.1, 0.15) is 28.5 Å². The highest BCUT2D eigenvalue weighted by atomic mass is 32.2. The van der Waals surface area contributed by atoms with Gasteiger partial charge in [0.25, 0.3) is 0 Å². The molecular formula is C19H20N2O2S. The van der Waals surface area contributed by atoms with Gasteiger partial charge in [-0.05, 0) is 35.7 Å². The average molecular weight is 340 g/mol. The maximum absolute atomic E-state index is 5.76.